The number of para-hydroxylation sites is 1. The fourth-order valence-corrected chi connectivity index (χ4v) is 4.35. The third-order valence-electron chi connectivity index (χ3n) is 5.22. The van der Waals surface area contributed by atoms with Gasteiger partial charge in [-0.15, -0.1) is 34.2 Å². The molecule has 2 aromatic rings. The molecule has 1 saturated heterocycles. The number of rotatable bonds is 8. The monoisotopic (exact) mass is 543 g/mol. The maximum Gasteiger partial charge on any atom is 0.191 e. The maximum absolute atomic E-state index is 4.79. The summed E-state index contributed by atoms with van der Waals surface area (Å²) in [7, 11) is 4.12. The van der Waals surface area contributed by atoms with Crippen LogP contribution in [0, 0.1) is 6.92 Å². The summed E-state index contributed by atoms with van der Waals surface area (Å²) in [6.45, 7) is 4.35. The second kappa shape index (κ2) is 13.0. The van der Waals surface area contributed by atoms with Crippen LogP contribution >= 0.6 is 35.7 Å². The Kier molecular flexibility index (Phi) is 10.8. The van der Waals surface area contributed by atoms with Crippen LogP contribution in [0.3, 0.4) is 0 Å². The molecule has 1 aromatic heterocycles. The number of hydrogen-bond acceptors (Lipinski definition) is 5. The number of anilines is 1. The first-order chi connectivity index (χ1) is 14.1. The number of nitrogens with zero attached hydrogens (tertiary/aromatic N) is 5. The minimum Gasteiger partial charge on any atom is -0.375 e. The number of aryl methyl sites for hydroxylation is 1. The highest BCUT2D eigenvalue weighted by atomic mass is 127. The Morgan fingerprint density at radius 3 is 2.77 bits per heavy atom. The fraction of sp³-hybridized carbons (Fsp3) is 0.571. The molecular weight excluding hydrogens is 509 g/mol. The Bertz CT molecular complexity index is 775. The summed E-state index contributed by atoms with van der Waals surface area (Å²) in [6.07, 6.45) is 3.50. The molecule has 7 nitrogen and oxygen atoms in total. The van der Waals surface area contributed by atoms with Crippen LogP contribution in [0.2, 0.25) is 0 Å². The number of benzene rings is 1. The van der Waals surface area contributed by atoms with E-state index in [0.29, 0.717) is 12.6 Å². The summed E-state index contributed by atoms with van der Waals surface area (Å²) in [4.78, 5) is 7.07. The van der Waals surface area contributed by atoms with Gasteiger partial charge in [-0.1, -0.05) is 18.2 Å². The highest BCUT2D eigenvalue weighted by Crippen LogP contribution is 2.16. The van der Waals surface area contributed by atoms with Crippen molar-refractivity contribution in [2.45, 2.75) is 38.8 Å². The zero-order valence-corrected chi connectivity index (χ0v) is 21.3. The second-order valence-electron chi connectivity index (χ2n) is 7.48. The number of aliphatic imine (C=N–C) groups is 1. The summed E-state index contributed by atoms with van der Waals surface area (Å²) in [6, 6.07) is 11.0. The van der Waals surface area contributed by atoms with E-state index < -0.39 is 0 Å². The molecule has 0 amide bonds. The Morgan fingerprint density at radius 2 is 2.10 bits per heavy atom. The first-order valence-electron chi connectivity index (χ1n) is 10.4. The molecule has 9 heteroatoms. The lowest BCUT2D eigenvalue weighted by molar-refractivity contribution is 0.578. The highest BCUT2D eigenvalue weighted by Gasteiger charge is 2.15. The van der Waals surface area contributed by atoms with E-state index in [2.05, 4.69) is 63.1 Å². The SMILES string of the molecule is Cc1nnc(CN=C(NCCCN(C)c2ccccc2)NC2CCCSC2)n1C.I. The van der Waals surface area contributed by atoms with Crippen molar-refractivity contribution in [3.05, 3.63) is 42.0 Å². The van der Waals surface area contributed by atoms with Crippen molar-refractivity contribution in [2.24, 2.45) is 12.0 Å². The zero-order chi connectivity index (χ0) is 20.5. The number of hydrogen-bond donors (Lipinski definition) is 2. The molecule has 1 aliphatic rings. The van der Waals surface area contributed by atoms with Gasteiger partial charge in [0, 0.05) is 44.7 Å². The molecule has 0 saturated carbocycles. The lowest BCUT2D eigenvalue weighted by Gasteiger charge is -2.25. The number of thioether (sulfide) groups is 1. The molecule has 166 valence electrons. The van der Waals surface area contributed by atoms with Crippen molar-refractivity contribution in [2.75, 3.05) is 36.5 Å². The first kappa shape index (κ1) is 24.8. The molecule has 1 atom stereocenters. The molecular formula is C21H34IN7S. The second-order valence-corrected chi connectivity index (χ2v) is 8.63. The lowest BCUT2D eigenvalue weighted by atomic mass is 10.2. The van der Waals surface area contributed by atoms with E-state index in [1.807, 2.05) is 30.3 Å². The normalized spacial score (nSPS) is 16.6. The fourth-order valence-electron chi connectivity index (χ4n) is 3.27. The molecule has 0 spiro atoms. The van der Waals surface area contributed by atoms with Gasteiger partial charge in [-0.3, -0.25) is 0 Å². The van der Waals surface area contributed by atoms with Crippen LogP contribution in [-0.2, 0) is 13.6 Å². The summed E-state index contributed by atoms with van der Waals surface area (Å²) in [5, 5.41) is 15.5. The molecule has 2 heterocycles. The van der Waals surface area contributed by atoms with Crippen molar-refractivity contribution in [1.29, 1.82) is 0 Å². The van der Waals surface area contributed by atoms with Crippen molar-refractivity contribution < 1.29 is 0 Å². The van der Waals surface area contributed by atoms with E-state index >= 15 is 0 Å². The number of guanidine groups is 1. The molecule has 0 aliphatic carbocycles. The van der Waals surface area contributed by atoms with E-state index in [9.17, 15) is 0 Å². The van der Waals surface area contributed by atoms with Crippen molar-refractivity contribution in [1.82, 2.24) is 25.4 Å². The van der Waals surface area contributed by atoms with Crippen LogP contribution in [0.25, 0.3) is 0 Å². The van der Waals surface area contributed by atoms with Crippen LogP contribution in [0.5, 0.6) is 0 Å². The van der Waals surface area contributed by atoms with Gasteiger partial charge in [0.15, 0.2) is 11.8 Å². The van der Waals surface area contributed by atoms with E-state index in [4.69, 9.17) is 4.99 Å². The molecule has 0 bridgehead atoms. The Labute approximate surface area is 201 Å². The van der Waals surface area contributed by atoms with Crippen molar-refractivity contribution in [3.63, 3.8) is 0 Å². The summed E-state index contributed by atoms with van der Waals surface area (Å²) in [5.41, 5.74) is 1.25. The third kappa shape index (κ3) is 7.64. The van der Waals surface area contributed by atoms with Crippen LogP contribution < -0.4 is 15.5 Å². The van der Waals surface area contributed by atoms with Gasteiger partial charge in [-0.05, 0) is 44.1 Å². The van der Waals surface area contributed by atoms with Gasteiger partial charge in [-0.25, -0.2) is 4.99 Å². The smallest absolute Gasteiger partial charge is 0.191 e. The average molecular weight is 544 g/mol. The van der Waals surface area contributed by atoms with E-state index in [-0.39, 0.29) is 24.0 Å². The van der Waals surface area contributed by atoms with Gasteiger partial charge >= 0.3 is 0 Å². The first-order valence-corrected chi connectivity index (χ1v) is 11.5. The van der Waals surface area contributed by atoms with Gasteiger partial charge in [-0.2, -0.15) is 11.8 Å². The Morgan fingerprint density at radius 1 is 1.30 bits per heavy atom. The maximum atomic E-state index is 4.79. The Balaban J connectivity index is 0.00000320. The average Bonchev–Trinajstić information content (AvgIpc) is 3.08. The van der Waals surface area contributed by atoms with Gasteiger partial charge in [0.1, 0.15) is 12.4 Å². The minimum absolute atomic E-state index is 0. The van der Waals surface area contributed by atoms with Gasteiger partial charge in [0.25, 0.3) is 0 Å². The summed E-state index contributed by atoms with van der Waals surface area (Å²) < 4.78 is 1.99. The number of nitrogens with one attached hydrogen (secondary N) is 2. The third-order valence-corrected chi connectivity index (χ3v) is 6.44. The number of aromatic nitrogens is 3. The highest BCUT2D eigenvalue weighted by molar-refractivity contribution is 14.0. The largest absolute Gasteiger partial charge is 0.375 e. The van der Waals surface area contributed by atoms with Crippen LogP contribution in [0.15, 0.2) is 35.3 Å². The van der Waals surface area contributed by atoms with E-state index in [1.165, 1.54) is 24.3 Å². The van der Waals surface area contributed by atoms with Gasteiger partial charge in [0.05, 0.1) is 0 Å². The molecule has 0 radical (unpaired) electrons. The lowest BCUT2D eigenvalue weighted by Crippen LogP contribution is -2.46. The molecule has 30 heavy (non-hydrogen) atoms. The minimum atomic E-state index is 0. The van der Waals surface area contributed by atoms with Crippen LogP contribution in [0.1, 0.15) is 30.9 Å². The topological polar surface area (TPSA) is 70.4 Å². The summed E-state index contributed by atoms with van der Waals surface area (Å²) >= 11 is 2.02. The molecule has 1 aromatic carbocycles. The zero-order valence-electron chi connectivity index (χ0n) is 18.2. The van der Waals surface area contributed by atoms with Crippen LogP contribution in [0.4, 0.5) is 5.69 Å². The van der Waals surface area contributed by atoms with Crippen LogP contribution in [-0.4, -0.2) is 58.4 Å². The van der Waals surface area contributed by atoms with E-state index in [1.54, 1.807) is 0 Å². The standard InChI is InChI=1S/C21H33N7S.HI/c1-17-25-26-20(28(17)3)15-23-21(24-18-9-7-14-29-16-18)22-12-8-13-27(2)19-10-5-4-6-11-19;/h4-6,10-11,18H,7-9,12-16H2,1-3H3,(H2,22,23,24);1H. The molecule has 3 rings (SSSR count). The molecule has 1 aliphatic heterocycles. The van der Waals surface area contributed by atoms with Crippen molar-refractivity contribution >= 4 is 47.4 Å². The summed E-state index contributed by atoms with van der Waals surface area (Å²) in [5.74, 6) is 5.07. The molecule has 2 N–H and O–H groups in total. The van der Waals surface area contributed by atoms with Gasteiger partial charge in [0.2, 0.25) is 0 Å². The number of halogens is 1. The van der Waals surface area contributed by atoms with E-state index in [0.717, 1.165) is 42.9 Å². The molecule has 1 fully saturated rings. The van der Waals surface area contributed by atoms with Gasteiger partial charge < -0.3 is 20.1 Å². The predicted octanol–water partition coefficient (Wildman–Crippen LogP) is 3.20. The predicted molar refractivity (Wildman–Crippen MR) is 138 cm³/mol. The Hall–Kier alpha value is -1.49. The van der Waals surface area contributed by atoms with Crippen molar-refractivity contribution in [3.8, 4) is 0 Å². The molecule has 1 unspecified atom stereocenters. The quantitative estimate of drug-likeness (QED) is 0.231.